The Morgan fingerprint density at radius 2 is 2.43 bits per heavy atom. The SMILES string of the molecule is N[C@@H]1CCCN(Cc2ccc(Br)s2)C1. The lowest BCUT2D eigenvalue weighted by atomic mass is 10.1. The molecule has 0 bridgehead atoms. The van der Waals surface area contributed by atoms with Crippen molar-refractivity contribution in [3.05, 3.63) is 20.8 Å². The molecule has 2 heterocycles. The molecule has 4 heteroatoms. The molecule has 1 aromatic rings. The molecule has 1 saturated heterocycles. The van der Waals surface area contributed by atoms with Crippen LogP contribution in [0.5, 0.6) is 0 Å². The van der Waals surface area contributed by atoms with Crippen molar-refractivity contribution in [1.29, 1.82) is 0 Å². The average Bonchev–Trinajstić information content (AvgIpc) is 2.51. The summed E-state index contributed by atoms with van der Waals surface area (Å²) in [6.45, 7) is 3.31. The summed E-state index contributed by atoms with van der Waals surface area (Å²) in [4.78, 5) is 3.87. The van der Waals surface area contributed by atoms with Crippen LogP contribution in [0.1, 0.15) is 17.7 Å². The van der Waals surface area contributed by atoms with Gasteiger partial charge in [0.15, 0.2) is 0 Å². The van der Waals surface area contributed by atoms with E-state index in [-0.39, 0.29) is 0 Å². The number of rotatable bonds is 2. The first-order chi connectivity index (χ1) is 6.74. The van der Waals surface area contributed by atoms with Gasteiger partial charge >= 0.3 is 0 Å². The highest BCUT2D eigenvalue weighted by molar-refractivity contribution is 9.11. The van der Waals surface area contributed by atoms with Gasteiger partial charge in [-0.15, -0.1) is 11.3 Å². The van der Waals surface area contributed by atoms with Crippen molar-refractivity contribution < 1.29 is 0 Å². The molecular weight excluding hydrogens is 260 g/mol. The molecule has 0 spiro atoms. The molecule has 14 heavy (non-hydrogen) atoms. The van der Waals surface area contributed by atoms with E-state index in [1.54, 1.807) is 0 Å². The maximum absolute atomic E-state index is 5.94. The summed E-state index contributed by atoms with van der Waals surface area (Å²) in [5, 5.41) is 0. The number of thiophene rings is 1. The van der Waals surface area contributed by atoms with Crippen LogP contribution in [0.4, 0.5) is 0 Å². The van der Waals surface area contributed by atoms with Gasteiger partial charge in [0.1, 0.15) is 0 Å². The first-order valence-corrected chi connectivity index (χ1v) is 6.57. The number of hydrogen-bond acceptors (Lipinski definition) is 3. The number of halogens is 1. The van der Waals surface area contributed by atoms with Crippen LogP contribution in [0, 0.1) is 0 Å². The fourth-order valence-electron chi connectivity index (χ4n) is 1.89. The molecule has 1 aliphatic rings. The summed E-state index contributed by atoms with van der Waals surface area (Å²) >= 11 is 5.30. The Hall–Kier alpha value is 0.1000. The molecule has 1 atom stereocenters. The van der Waals surface area contributed by atoms with Gasteiger partial charge in [-0.2, -0.15) is 0 Å². The molecule has 2 N–H and O–H groups in total. The molecule has 78 valence electrons. The zero-order valence-corrected chi connectivity index (χ0v) is 10.5. The Morgan fingerprint density at radius 1 is 1.57 bits per heavy atom. The summed E-state index contributed by atoms with van der Waals surface area (Å²) in [5.41, 5.74) is 5.94. The highest BCUT2D eigenvalue weighted by atomic mass is 79.9. The zero-order chi connectivity index (χ0) is 9.97. The molecule has 0 amide bonds. The van der Waals surface area contributed by atoms with Crippen molar-refractivity contribution in [3.63, 3.8) is 0 Å². The first kappa shape index (κ1) is 10.6. The average molecular weight is 275 g/mol. The third-order valence-electron chi connectivity index (χ3n) is 2.55. The lowest BCUT2D eigenvalue weighted by molar-refractivity contribution is 0.203. The number of likely N-dealkylation sites (tertiary alicyclic amines) is 1. The minimum absolute atomic E-state index is 0.382. The summed E-state index contributed by atoms with van der Waals surface area (Å²) in [5.74, 6) is 0. The normalized spacial score (nSPS) is 24.0. The highest BCUT2D eigenvalue weighted by Gasteiger charge is 2.16. The molecule has 0 aromatic carbocycles. The molecule has 0 unspecified atom stereocenters. The van der Waals surface area contributed by atoms with Gasteiger partial charge < -0.3 is 5.73 Å². The monoisotopic (exact) mass is 274 g/mol. The molecule has 0 radical (unpaired) electrons. The van der Waals surface area contributed by atoms with E-state index in [1.807, 2.05) is 11.3 Å². The van der Waals surface area contributed by atoms with E-state index >= 15 is 0 Å². The van der Waals surface area contributed by atoms with Gasteiger partial charge in [0.05, 0.1) is 3.79 Å². The lowest BCUT2D eigenvalue weighted by Gasteiger charge is -2.30. The summed E-state index contributed by atoms with van der Waals surface area (Å²) < 4.78 is 1.22. The third kappa shape index (κ3) is 2.79. The second kappa shape index (κ2) is 4.75. The Bertz CT molecular complexity index is 300. The van der Waals surface area contributed by atoms with Gasteiger partial charge in [0, 0.05) is 24.0 Å². The van der Waals surface area contributed by atoms with E-state index in [0.29, 0.717) is 6.04 Å². The summed E-state index contributed by atoms with van der Waals surface area (Å²) in [6.07, 6.45) is 2.43. The van der Waals surface area contributed by atoms with Gasteiger partial charge in [-0.05, 0) is 47.4 Å². The van der Waals surface area contributed by atoms with E-state index in [4.69, 9.17) is 5.73 Å². The van der Waals surface area contributed by atoms with Crippen LogP contribution in [0.3, 0.4) is 0 Å². The second-order valence-electron chi connectivity index (χ2n) is 3.84. The van der Waals surface area contributed by atoms with E-state index in [9.17, 15) is 0 Å². The smallest absolute Gasteiger partial charge is 0.0701 e. The largest absolute Gasteiger partial charge is 0.327 e. The maximum atomic E-state index is 5.94. The van der Waals surface area contributed by atoms with Gasteiger partial charge in [-0.3, -0.25) is 4.90 Å². The van der Waals surface area contributed by atoms with Gasteiger partial charge in [0.25, 0.3) is 0 Å². The topological polar surface area (TPSA) is 29.3 Å². The van der Waals surface area contributed by atoms with Gasteiger partial charge in [-0.1, -0.05) is 0 Å². The quantitative estimate of drug-likeness (QED) is 0.898. The van der Waals surface area contributed by atoms with E-state index in [0.717, 1.165) is 13.1 Å². The third-order valence-corrected chi connectivity index (χ3v) is 4.16. The number of nitrogens with two attached hydrogens (primary N) is 1. The molecule has 1 fully saturated rings. The van der Waals surface area contributed by atoms with Crippen LogP contribution in [0.25, 0.3) is 0 Å². The van der Waals surface area contributed by atoms with Crippen LogP contribution < -0.4 is 5.73 Å². The van der Waals surface area contributed by atoms with Crippen molar-refractivity contribution in [2.75, 3.05) is 13.1 Å². The minimum atomic E-state index is 0.382. The molecule has 2 nitrogen and oxygen atoms in total. The first-order valence-electron chi connectivity index (χ1n) is 4.96. The molecule has 2 rings (SSSR count). The predicted molar refractivity (Wildman–Crippen MR) is 64.5 cm³/mol. The Balaban J connectivity index is 1.90. The Kier molecular flexibility index (Phi) is 3.60. The van der Waals surface area contributed by atoms with Gasteiger partial charge in [0.2, 0.25) is 0 Å². The zero-order valence-electron chi connectivity index (χ0n) is 8.08. The Morgan fingerprint density at radius 3 is 3.07 bits per heavy atom. The number of piperidine rings is 1. The van der Waals surface area contributed by atoms with Crippen molar-refractivity contribution in [2.24, 2.45) is 5.73 Å². The van der Waals surface area contributed by atoms with Crippen molar-refractivity contribution in [2.45, 2.75) is 25.4 Å². The maximum Gasteiger partial charge on any atom is 0.0701 e. The second-order valence-corrected chi connectivity index (χ2v) is 6.39. The molecular formula is C10H15BrN2S. The molecule has 1 aromatic heterocycles. The Labute approximate surface area is 97.2 Å². The summed E-state index contributed by atoms with van der Waals surface area (Å²) in [6, 6.07) is 4.69. The van der Waals surface area contributed by atoms with Crippen LogP contribution in [-0.2, 0) is 6.54 Å². The lowest BCUT2D eigenvalue weighted by Crippen LogP contribution is -2.42. The van der Waals surface area contributed by atoms with Crippen LogP contribution in [0.2, 0.25) is 0 Å². The molecule has 0 saturated carbocycles. The summed E-state index contributed by atoms with van der Waals surface area (Å²) in [7, 11) is 0. The van der Waals surface area contributed by atoms with Crippen molar-refractivity contribution in [1.82, 2.24) is 4.90 Å². The fraction of sp³-hybridized carbons (Fsp3) is 0.600. The van der Waals surface area contributed by atoms with Crippen molar-refractivity contribution in [3.8, 4) is 0 Å². The number of hydrogen-bond donors (Lipinski definition) is 1. The number of nitrogens with zero attached hydrogens (tertiary/aromatic N) is 1. The van der Waals surface area contributed by atoms with Crippen LogP contribution in [0.15, 0.2) is 15.9 Å². The van der Waals surface area contributed by atoms with E-state index in [1.165, 1.54) is 28.0 Å². The van der Waals surface area contributed by atoms with E-state index in [2.05, 4.69) is 33.0 Å². The van der Waals surface area contributed by atoms with Crippen LogP contribution in [-0.4, -0.2) is 24.0 Å². The molecule has 1 aliphatic heterocycles. The van der Waals surface area contributed by atoms with Gasteiger partial charge in [-0.25, -0.2) is 0 Å². The fourth-order valence-corrected chi connectivity index (χ4v) is 3.42. The predicted octanol–water partition coefficient (Wildman–Crippen LogP) is 2.43. The molecule has 0 aliphatic carbocycles. The van der Waals surface area contributed by atoms with Crippen molar-refractivity contribution >= 4 is 27.3 Å². The standard InChI is InChI=1S/C10H15BrN2S/c11-10-4-3-9(14-10)7-13-5-1-2-8(12)6-13/h3-4,8H,1-2,5-7,12H2/t8-/m1/s1. The van der Waals surface area contributed by atoms with Crippen LogP contribution >= 0.6 is 27.3 Å². The van der Waals surface area contributed by atoms with E-state index < -0.39 is 0 Å². The highest BCUT2D eigenvalue weighted by Crippen LogP contribution is 2.24. The minimum Gasteiger partial charge on any atom is -0.327 e.